The summed E-state index contributed by atoms with van der Waals surface area (Å²) in [6.07, 6.45) is 0. The van der Waals surface area contributed by atoms with Crippen molar-refractivity contribution in [2.75, 3.05) is 30.8 Å². The molecule has 0 aliphatic carbocycles. The Kier molecular flexibility index (Phi) is 7.94. The van der Waals surface area contributed by atoms with Gasteiger partial charge in [-0.15, -0.1) is 0 Å². The molecule has 0 aliphatic rings. The van der Waals surface area contributed by atoms with Gasteiger partial charge in [0.05, 0.1) is 19.3 Å². The van der Waals surface area contributed by atoms with Gasteiger partial charge in [0.2, 0.25) is 5.91 Å². The number of carbonyl (C=O) groups excluding carboxylic acids is 2. The van der Waals surface area contributed by atoms with Crippen molar-refractivity contribution in [3.63, 3.8) is 0 Å². The quantitative estimate of drug-likeness (QED) is 0.427. The highest BCUT2D eigenvalue weighted by atomic mass is 35.5. The molecule has 0 aliphatic heterocycles. The minimum absolute atomic E-state index is 0.0231. The molecule has 166 valence electrons. The van der Waals surface area contributed by atoms with Gasteiger partial charge in [-0.3, -0.25) is 9.59 Å². The van der Waals surface area contributed by atoms with E-state index in [1.807, 2.05) is 6.92 Å². The van der Waals surface area contributed by atoms with Crippen LogP contribution in [0.25, 0.3) is 0 Å². The lowest BCUT2D eigenvalue weighted by molar-refractivity contribution is -0.114. The molecule has 0 unspecified atom stereocenters. The van der Waals surface area contributed by atoms with Gasteiger partial charge in [-0.05, 0) is 67.6 Å². The van der Waals surface area contributed by atoms with Crippen LogP contribution < -0.4 is 25.4 Å². The number of ether oxygens (including phenoxy) is 2. The van der Waals surface area contributed by atoms with Crippen molar-refractivity contribution < 1.29 is 19.1 Å². The van der Waals surface area contributed by atoms with E-state index in [0.29, 0.717) is 40.0 Å². The topological polar surface area (TPSA) is 88.7 Å². The molecule has 0 bridgehead atoms. The number of amides is 2. The zero-order valence-corrected chi connectivity index (χ0v) is 18.5. The summed E-state index contributed by atoms with van der Waals surface area (Å²) in [5.74, 6) is 1.38. The van der Waals surface area contributed by atoms with Crippen molar-refractivity contribution in [3.8, 4) is 17.2 Å². The fourth-order valence-corrected chi connectivity index (χ4v) is 3.05. The maximum Gasteiger partial charge on any atom is 0.251 e. The van der Waals surface area contributed by atoms with Crippen molar-refractivity contribution in [1.29, 1.82) is 0 Å². The molecule has 3 rings (SSSR count). The molecule has 3 aromatic carbocycles. The second kappa shape index (κ2) is 11.1. The predicted octanol–water partition coefficient (Wildman–Crippen LogP) is 4.94. The number of rotatable bonds is 9. The molecule has 7 nitrogen and oxygen atoms in total. The molecule has 0 radical (unpaired) electrons. The highest BCUT2D eigenvalue weighted by molar-refractivity contribution is 6.31. The van der Waals surface area contributed by atoms with E-state index in [-0.39, 0.29) is 18.4 Å². The van der Waals surface area contributed by atoms with Crippen molar-refractivity contribution in [1.82, 2.24) is 5.32 Å². The minimum atomic E-state index is -0.284. The first-order valence-corrected chi connectivity index (χ1v) is 10.4. The van der Waals surface area contributed by atoms with Crippen molar-refractivity contribution in [2.24, 2.45) is 0 Å². The minimum Gasteiger partial charge on any atom is -0.497 e. The van der Waals surface area contributed by atoms with Crippen LogP contribution in [0.2, 0.25) is 5.02 Å². The number of hydrogen-bond donors (Lipinski definition) is 3. The second-order valence-corrected chi connectivity index (χ2v) is 7.20. The van der Waals surface area contributed by atoms with Crippen LogP contribution in [0.3, 0.4) is 0 Å². The SMILES string of the molecule is CCNC(=O)c1cccc(NC(=O)CNc2cc(Cl)ccc2Oc2ccc(OC)cc2)c1. The third-order valence-corrected chi connectivity index (χ3v) is 4.65. The summed E-state index contributed by atoms with van der Waals surface area (Å²) < 4.78 is 11.1. The largest absolute Gasteiger partial charge is 0.497 e. The highest BCUT2D eigenvalue weighted by Gasteiger charge is 2.10. The standard InChI is InChI=1S/C24H24ClN3O4/c1-3-26-24(30)16-5-4-6-18(13-16)28-23(29)15-27-21-14-17(25)7-12-22(21)32-20-10-8-19(31-2)9-11-20/h4-14,27H,3,15H2,1-2H3,(H,26,30)(H,28,29). The number of methoxy groups -OCH3 is 1. The summed E-state index contributed by atoms with van der Waals surface area (Å²) in [6, 6.07) is 19.0. The average Bonchev–Trinajstić information content (AvgIpc) is 2.80. The molecule has 32 heavy (non-hydrogen) atoms. The Bertz CT molecular complexity index is 1090. The summed E-state index contributed by atoms with van der Waals surface area (Å²) in [4.78, 5) is 24.4. The molecule has 0 saturated heterocycles. The van der Waals surface area contributed by atoms with Crippen LogP contribution in [-0.2, 0) is 4.79 Å². The van der Waals surface area contributed by atoms with Crippen LogP contribution in [0.5, 0.6) is 17.2 Å². The monoisotopic (exact) mass is 453 g/mol. The predicted molar refractivity (Wildman–Crippen MR) is 126 cm³/mol. The Balaban J connectivity index is 1.64. The molecule has 0 atom stereocenters. The number of carbonyl (C=O) groups is 2. The van der Waals surface area contributed by atoms with E-state index in [2.05, 4.69) is 16.0 Å². The summed E-state index contributed by atoms with van der Waals surface area (Å²) >= 11 is 6.13. The number of nitrogens with one attached hydrogen (secondary N) is 3. The second-order valence-electron chi connectivity index (χ2n) is 6.76. The number of anilines is 2. The van der Waals surface area contributed by atoms with E-state index >= 15 is 0 Å². The molecule has 3 aromatic rings. The number of halogens is 1. The Morgan fingerprint density at radius 2 is 1.72 bits per heavy atom. The molecule has 0 fully saturated rings. The summed E-state index contributed by atoms with van der Waals surface area (Å²) in [5.41, 5.74) is 1.57. The van der Waals surface area contributed by atoms with E-state index in [1.54, 1.807) is 73.8 Å². The van der Waals surface area contributed by atoms with Crippen LogP contribution in [-0.4, -0.2) is 32.0 Å². The molecule has 0 spiro atoms. The van der Waals surface area contributed by atoms with Gasteiger partial charge >= 0.3 is 0 Å². The van der Waals surface area contributed by atoms with Crippen LogP contribution in [0.15, 0.2) is 66.7 Å². The first-order chi connectivity index (χ1) is 15.5. The molecule has 2 amide bonds. The maximum atomic E-state index is 12.5. The Morgan fingerprint density at radius 1 is 0.969 bits per heavy atom. The average molecular weight is 454 g/mol. The lowest BCUT2D eigenvalue weighted by atomic mass is 10.2. The molecular formula is C24H24ClN3O4. The van der Waals surface area contributed by atoms with Crippen LogP contribution in [0, 0.1) is 0 Å². The molecule has 8 heteroatoms. The van der Waals surface area contributed by atoms with Crippen molar-refractivity contribution in [2.45, 2.75) is 6.92 Å². The molecule has 0 aromatic heterocycles. The van der Waals surface area contributed by atoms with Crippen LogP contribution in [0.4, 0.5) is 11.4 Å². The highest BCUT2D eigenvalue weighted by Crippen LogP contribution is 2.32. The van der Waals surface area contributed by atoms with Gasteiger partial charge in [0.25, 0.3) is 5.91 Å². The first-order valence-electron chi connectivity index (χ1n) is 10.0. The van der Waals surface area contributed by atoms with Gasteiger partial charge < -0.3 is 25.4 Å². The van der Waals surface area contributed by atoms with Gasteiger partial charge in [0.1, 0.15) is 11.5 Å². The zero-order chi connectivity index (χ0) is 22.9. The Labute approximate surface area is 191 Å². The molecular weight excluding hydrogens is 430 g/mol. The molecule has 0 heterocycles. The fraction of sp³-hybridized carbons (Fsp3) is 0.167. The van der Waals surface area contributed by atoms with Crippen molar-refractivity contribution >= 4 is 34.8 Å². The summed E-state index contributed by atoms with van der Waals surface area (Å²) in [7, 11) is 1.60. The maximum absolute atomic E-state index is 12.5. The smallest absolute Gasteiger partial charge is 0.251 e. The molecule has 3 N–H and O–H groups in total. The molecule has 0 saturated carbocycles. The van der Waals surface area contributed by atoms with E-state index in [4.69, 9.17) is 21.1 Å². The van der Waals surface area contributed by atoms with E-state index in [9.17, 15) is 9.59 Å². The number of benzene rings is 3. The third-order valence-electron chi connectivity index (χ3n) is 4.41. The van der Waals surface area contributed by atoms with Crippen molar-refractivity contribution in [3.05, 3.63) is 77.3 Å². The number of hydrogen-bond acceptors (Lipinski definition) is 5. The lowest BCUT2D eigenvalue weighted by Gasteiger charge is -2.14. The van der Waals surface area contributed by atoms with Gasteiger partial charge in [-0.25, -0.2) is 0 Å². The summed E-state index contributed by atoms with van der Waals surface area (Å²) in [5, 5.41) is 9.06. The fourth-order valence-electron chi connectivity index (χ4n) is 2.88. The van der Waals surface area contributed by atoms with E-state index in [0.717, 1.165) is 5.75 Å². The third kappa shape index (κ3) is 6.39. The van der Waals surface area contributed by atoms with Crippen LogP contribution >= 0.6 is 11.6 Å². The first kappa shape index (κ1) is 23.0. The normalized spacial score (nSPS) is 10.2. The van der Waals surface area contributed by atoms with E-state index < -0.39 is 0 Å². The van der Waals surface area contributed by atoms with E-state index in [1.165, 1.54) is 0 Å². The Hall–Kier alpha value is -3.71. The summed E-state index contributed by atoms with van der Waals surface area (Å²) in [6.45, 7) is 2.35. The van der Waals surface area contributed by atoms with Gasteiger partial charge in [-0.2, -0.15) is 0 Å². The van der Waals surface area contributed by atoms with Gasteiger partial charge in [0, 0.05) is 22.8 Å². The van der Waals surface area contributed by atoms with Gasteiger partial charge in [0.15, 0.2) is 5.75 Å². The lowest BCUT2D eigenvalue weighted by Crippen LogP contribution is -2.24. The zero-order valence-electron chi connectivity index (χ0n) is 17.8. The van der Waals surface area contributed by atoms with Gasteiger partial charge in [-0.1, -0.05) is 17.7 Å². The Morgan fingerprint density at radius 3 is 2.44 bits per heavy atom. The van der Waals surface area contributed by atoms with Crippen LogP contribution in [0.1, 0.15) is 17.3 Å².